The van der Waals surface area contributed by atoms with Gasteiger partial charge in [0.2, 0.25) is 0 Å². The molecule has 1 aliphatic rings. The van der Waals surface area contributed by atoms with Crippen LogP contribution >= 0.6 is 0 Å². The van der Waals surface area contributed by atoms with E-state index < -0.39 is 11.7 Å². The second kappa shape index (κ2) is 6.08. The smallest absolute Gasteiger partial charge is 0.336 e. The lowest BCUT2D eigenvalue weighted by molar-refractivity contribution is -0.127. The zero-order chi connectivity index (χ0) is 17.4. The average Bonchev–Trinajstić information content (AvgIpc) is 3.02. The van der Waals surface area contributed by atoms with Crippen LogP contribution in [0.1, 0.15) is 12.8 Å². The molecule has 0 radical (unpaired) electrons. The number of aromatic nitrogens is 2. The van der Waals surface area contributed by atoms with Crippen molar-refractivity contribution in [1.82, 2.24) is 9.78 Å². The van der Waals surface area contributed by atoms with Gasteiger partial charge in [0.1, 0.15) is 11.3 Å². The predicted octanol–water partition coefficient (Wildman–Crippen LogP) is 2.10. The molecule has 1 saturated heterocycles. The van der Waals surface area contributed by atoms with Crippen LogP contribution in [-0.4, -0.2) is 28.3 Å². The molecule has 1 aromatic carbocycles. The maximum absolute atomic E-state index is 12.7. The molecule has 3 aromatic rings. The van der Waals surface area contributed by atoms with Gasteiger partial charge in [0.05, 0.1) is 0 Å². The van der Waals surface area contributed by atoms with Crippen LogP contribution in [0.5, 0.6) is 5.75 Å². The summed E-state index contributed by atoms with van der Waals surface area (Å²) in [5, 5.41) is 5.10. The molecule has 0 bridgehead atoms. The summed E-state index contributed by atoms with van der Waals surface area (Å²) in [7, 11) is 1.81. The van der Waals surface area contributed by atoms with Gasteiger partial charge in [-0.25, -0.2) is 4.79 Å². The van der Waals surface area contributed by atoms with Crippen molar-refractivity contribution in [3.05, 3.63) is 53.0 Å². The van der Waals surface area contributed by atoms with Crippen molar-refractivity contribution in [1.29, 1.82) is 0 Å². The van der Waals surface area contributed by atoms with E-state index in [0.29, 0.717) is 30.1 Å². The van der Waals surface area contributed by atoms with E-state index >= 15 is 0 Å². The van der Waals surface area contributed by atoms with Crippen LogP contribution in [0.3, 0.4) is 0 Å². The molecule has 128 valence electrons. The Hall–Kier alpha value is -3.09. The molecule has 7 heteroatoms. The van der Waals surface area contributed by atoms with Gasteiger partial charge in [-0.3, -0.25) is 14.4 Å². The molecule has 1 atom stereocenters. The van der Waals surface area contributed by atoms with Crippen LogP contribution in [0.25, 0.3) is 11.0 Å². The van der Waals surface area contributed by atoms with Crippen molar-refractivity contribution < 1.29 is 13.9 Å². The van der Waals surface area contributed by atoms with Gasteiger partial charge in [-0.1, -0.05) is 0 Å². The van der Waals surface area contributed by atoms with Crippen molar-refractivity contribution in [2.45, 2.75) is 18.9 Å². The van der Waals surface area contributed by atoms with Gasteiger partial charge < -0.3 is 9.15 Å². The number of aryl methyl sites for hydroxylation is 1. The first-order chi connectivity index (χ1) is 12.1. The van der Waals surface area contributed by atoms with Gasteiger partial charge in [0.25, 0.3) is 5.91 Å². The number of fused-ring (bicyclic) bond motifs is 1. The lowest BCUT2D eigenvalue weighted by Gasteiger charge is -2.30. The highest BCUT2D eigenvalue weighted by molar-refractivity contribution is 5.96. The van der Waals surface area contributed by atoms with Gasteiger partial charge in [-0.2, -0.15) is 5.10 Å². The number of carbonyl (C=O) groups excluding carboxylic acids is 1. The summed E-state index contributed by atoms with van der Waals surface area (Å²) in [4.78, 5) is 25.7. The number of hydrogen-bond acceptors (Lipinski definition) is 5. The SMILES string of the molecule is Cn1ccc(N2CCCC(Oc3ccc4ccc(=O)oc4c3)C2=O)n1. The summed E-state index contributed by atoms with van der Waals surface area (Å²) in [5.74, 6) is 1.02. The van der Waals surface area contributed by atoms with E-state index in [-0.39, 0.29) is 5.91 Å². The number of rotatable bonds is 3. The van der Waals surface area contributed by atoms with Crippen molar-refractivity contribution in [2.75, 3.05) is 11.4 Å². The molecule has 3 heterocycles. The van der Waals surface area contributed by atoms with E-state index in [1.54, 1.807) is 40.0 Å². The molecule has 2 aromatic heterocycles. The zero-order valence-corrected chi connectivity index (χ0v) is 13.7. The molecule has 0 N–H and O–H groups in total. The van der Waals surface area contributed by atoms with Crippen LogP contribution in [0.4, 0.5) is 5.82 Å². The van der Waals surface area contributed by atoms with Crippen molar-refractivity contribution >= 4 is 22.7 Å². The number of nitrogens with zero attached hydrogens (tertiary/aromatic N) is 3. The van der Waals surface area contributed by atoms with Crippen molar-refractivity contribution in [3.8, 4) is 5.75 Å². The Morgan fingerprint density at radius 1 is 1.20 bits per heavy atom. The maximum atomic E-state index is 12.7. The second-order valence-electron chi connectivity index (χ2n) is 6.04. The van der Waals surface area contributed by atoms with Crippen LogP contribution < -0.4 is 15.3 Å². The summed E-state index contributed by atoms with van der Waals surface area (Å²) in [6.45, 7) is 0.627. The van der Waals surface area contributed by atoms with E-state index in [9.17, 15) is 9.59 Å². The minimum Gasteiger partial charge on any atom is -0.480 e. The van der Waals surface area contributed by atoms with E-state index in [2.05, 4.69) is 5.10 Å². The van der Waals surface area contributed by atoms with Crippen LogP contribution in [0, 0.1) is 0 Å². The van der Waals surface area contributed by atoms with E-state index in [1.165, 1.54) is 6.07 Å². The highest BCUT2D eigenvalue weighted by Gasteiger charge is 2.32. The summed E-state index contributed by atoms with van der Waals surface area (Å²) in [6, 6.07) is 10.1. The van der Waals surface area contributed by atoms with Crippen LogP contribution in [0.15, 0.2) is 51.8 Å². The molecule has 0 spiro atoms. The topological polar surface area (TPSA) is 77.6 Å². The van der Waals surface area contributed by atoms with Gasteiger partial charge in [-0.15, -0.1) is 0 Å². The minimum absolute atomic E-state index is 0.112. The number of hydrogen-bond donors (Lipinski definition) is 0. The van der Waals surface area contributed by atoms with Gasteiger partial charge in [-0.05, 0) is 31.0 Å². The van der Waals surface area contributed by atoms with Crippen molar-refractivity contribution in [2.24, 2.45) is 7.05 Å². The Kier molecular flexibility index (Phi) is 3.76. The first kappa shape index (κ1) is 15.4. The lowest BCUT2D eigenvalue weighted by atomic mass is 10.1. The standard InChI is InChI=1S/C18H17N3O4/c1-20-10-8-16(19-20)21-9-2-3-14(18(21)23)24-13-6-4-12-5-7-17(22)25-15(12)11-13/h4-8,10-11,14H,2-3,9H2,1H3. The lowest BCUT2D eigenvalue weighted by Crippen LogP contribution is -2.47. The Bertz CT molecular complexity index is 991. The Morgan fingerprint density at radius 2 is 2.04 bits per heavy atom. The normalized spacial score (nSPS) is 17.9. The summed E-state index contributed by atoms with van der Waals surface area (Å²) >= 11 is 0. The predicted molar refractivity (Wildman–Crippen MR) is 91.7 cm³/mol. The zero-order valence-electron chi connectivity index (χ0n) is 13.7. The number of ether oxygens (including phenoxy) is 1. The molecule has 1 aliphatic heterocycles. The molecule has 0 aliphatic carbocycles. The molecular formula is C18H17N3O4. The molecular weight excluding hydrogens is 322 g/mol. The third-order valence-electron chi connectivity index (χ3n) is 4.24. The van der Waals surface area contributed by atoms with Crippen molar-refractivity contribution in [3.63, 3.8) is 0 Å². The van der Waals surface area contributed by atoms with Gasteiger partial charge >= 0.3 is 5.63 Å². The molecule has 25 heavy (non-hydrogen) atoms. The second-order valence-corrected chi connectivity index (χ2v) is 6.04. The summed E-state index contributed by atoms with van der Waals surface area (Å²) < 4.78 is 12.7. The third-order valence-corrected chi connectivity index (χ3v) is 4.24. The molecule has 1 unspecified atom stereocenters. The summed E-state index contributed by atoms with van der Waals surface area (Å²) in [5.41, 5.74) is 0.0227. The van der Waals surface area contributed by atoms with Gasteiger partial charge in [0.15, 0.2) is 11.9 Å². The molecule has 4 rings (SSSR count). The van der Waals surface area contributed by atoms with Gasteiger partial charge in [0, 0.05) is 43.4 Å². The molecule has 1 amide bonds. The fraction of sp³-hybridized carbons (Fsp3) is 0.278. The molecule has 0 saturated carbocycles. The largest absolute Gasteiger partial charge is 0.480 e. The van der Waals surface area contributed by atoms with Crippen LogP contribution in [-0.2, 0) is 11.8 Å². The fourth-order valence-electron chi connectivity index (χ4n) is 3.00. The van der Waals surface area contributed by atoms with Crippen LogP contribution in [0.2, 0.25) is 0 Å². The molecule has 7 nitrogen and oxygen atoms in total. The number of amides is 1. The Labute approximate surface area is 143 Å². The van der Waals surface area contributed by atoms with E-state index in [0.717, 1.165) is 11.8 Å². The number of piperidine rings is 1. The minimum atomic E-state index is -0.580. The van der Waals surface area contributed by atoms with E-state index in [4.69, 9.17) is 9.15 Å². The fourth-order valence-corrected chi connectivity index (χ4v) is 3.00. The highest BCUT2D eigenvalue weighted by Crippen LogP contribution is 2.25. The summed E-state index contributed by atoms with van der Waals surface area (Å²) in [6.07, 6.45) is 2.69. The number of benzene rings is 1. The Morgan fingerprint density at radius 3 is 2.84 bits per heavy atom. The molecule has 1 fully saturated rings. The monoisotopic (exact) mass is 339 g/mol. The number of carbonyl (C=O) groups is 1. The maximum Gasteiger partial charge on any atom is 0.336 e. The third kappa shape index (κ3) is 3.00. The first-order valence-corrected chi connectivity index (χ1v) is 8.12. The average molecular weight is 339 g/mol. The first-order valence-electron chi connectivity index (χ1n) is 8.12. The van der Waals surface area contributed by atoms with E-state index in [1.807, 2.05) is 13.1 Å². The number of anilines is 1. The Balaban J connectivity index is 1.57. The quantitative estimate of drug-likeness (QED) is 0.683. The highest BCUT2D eigenvalue weighted by atomic mass is 16.5.